The molecule has 3 nitrogen and oxygen atoms in total. The third-order valence-corrected chi connectivity index (χ3v) is 25.5. The Labute approximate surface area is 708 Å². The van der Waals surface area contributed by atoms with Gasteiger partial charge in [0.05, 0.1) is 51.2 Å². The molecule has 590 valence electrons. The van der Waals surface area contributed by atoms with E-state index in [4.69, 9.17) is 0 Å². The van der Waals surface area contributed by atoms with Crippen LogP contribution < -0.4 is 14.7 Å². The van der Waals surface area contributed by atoms with Gasteiger partial charge in [-0.2, -0.15) is 0 Å². The second kappa shape index (κ2) is 29.3. The Balaban J connectivity index is 1.07. The van der Waals surface area contributed by atoms with Gasteiger partial charge < -0.3 is 14.7 Å². The van der Waals surface area contributed by atoms with Crippen LogP contribution in [0.25, 0.3) is 89.0 Å². The van der Waals surface area contributed by atoms with Crippen molar-refractivity contribution >= 4 is 51.2 Å². The molecule has 0 amide bonds. The Morgan fingerprint density at radius 1 is 0.193 bits per heavy atom. The number of hydrogen-bond acceptors (Lipinski definition) is 3. The summed E-state index contributed by atoms with van der Waals surface area (Å²) in [6.07, 6.45) is 0.850. The van der Waals surface area contributed by atoms with Crippen molar-refractivity contribution in [2.75, 3.05) is 14.7 Å². The first-order valence-corrected chi connectivity index (χ1v) is 42.9. The van der Waals surface area contributed by atoms with E-state index in [1.54, 1.807) is 0 Å². The molecule has 15 aromatic carbocycles. The molecule has 0 saturated heterocycles. The van der Waals surface area contributed by atoms with Crippen LogP contribution in [0.4, 0.5) is 51.2 Å². The first-order valence-electron chi connectivity index (χ1n) is 42.9. The van der Waals surface area contributed by atoms with E-state index < -0.39 is 0 Å². The number of fused-ring (bicyclic) bond motifs is 6. The maximum atomic E-state index is 2.76. The Bertz CT molecular complexity index is 5850. The van der Waals surface area contributed by atoms with Gasteiger partial charge in [0, 0.05) is 28.2 Å². The highest BCUT2D eigenvalue weighted by atomic mass is 15.3. The largest absolute Gasteiger partial charge is 0.305 e. The SMILES string of the molecule is CC(C)(C)c1ccc(-c2cc(C(C)(C)C)cc(-c3ccc(C(C)(C)C)cc3)c2N2c3ccc(-c4ccccc4-c4ccccc4)cc3N3c4cc(-c5ccccc5-c5ccccc5)ccc4N(c4c(-c5ccc(C(C)(C)C)cc5)cc(C(C)(C)C)cc4-c4ccc(C(C)(C)C)cc4)c4cc(C5c6ccccc6Cc6ccccc65)cc2c43)cc1. The zero-order valence-electron chi connectivity index (χ0n) is 72.8. The van der Waals surface area contributed by atoms with Gasteiger partial charge in [-0.3, -0.25) is 0 Å². The Morgan fingerprint density at radius 2 is 0.445 bits per heavy atom. The minimum atomic E-state index is -0.254. The minimum Gasteiger partial charge on any atom is -0.305 e. The van der Waals surface area contributed by atoms with E-state index in [9.17, 15) is 0 Å². The van der Waals surface area contributed by atoms with E-state index in [0.717, 1.165) is 124 Å². The van der Waals surface area contributed by atoms with E-state index in [0.29, 0.717) is 0 Å². The molecule has 0 bridgehead atoms. The molecule has 0 fully saturated rings. The summed E-state index contributed by atoms with van der Waals surface area (Å²) in [5.41, 5.74) is 41.6. The second-order valence-electron chi connectivity index (χ2n) is 39.8. The van der Waals surface area contributed by atoms with Crippen molar-refractivity contribution in [2.45, 2.75) is 169 Å². The molecule has 2 aliphatic heterocycles. The number of anilines is 9. The fourth-order valence-electron chi connectivity index (χ4n) is 18.6. The van der Waals surface area contributed by atoms with Gasteiger partial charge >= 0.3 is 0 Å². The van der Waals surface area contributed by atoms with E-state index >= 15 is 0 Å². The summed E-state index contributed by atoms with van der Waals surface area (Å²) in [6, 6.07) is 128. The average Bonchev–Trinajstić information content (AvgIpc) is 0.683. The third kappa shape index (κ3) is 14.3. The molecule has 0 radical (unpaired) electrons. The van der Waals surface area contributed by atoms with Gasteiger partial charge in [0.15, 0.2) is 0 Å². The molecule has 0 spiro atoms. The molecule has 119 heavy (non-hydrogen) atoms. The van der Waals surface area contributed by atoms with Crippen molar-refractivity contribution < 1.29 is 0 Å². The first-order chi connectivity index (χ1) is 56.8. The zero-order valence-corrected chi connectivity index (χ0v) is 72.8. The smallest absolute Gasteiger partial charge is 0.0948 e. The number of benzene rings is 15. The Morgan fingerprint density at radius 3 is 0.748 bits per heavy atom. The molecule has 0 saturated carbocycles. The van der Waals surface area contributed by atoms with Crippen LogP contribution in [-0.4, -0.2) is 0 Å². The highest BCUT2D eigenvalue weighted by molar-refractivity contribution is 6.18. The summed E-state index contributed by atoms with van der Waals surface area (Å²) in [5.74, 6) is -0.166. The lowest BCUT2D eigenvalue weighted by molar-refractivity contribution is 0.589. The normalized spacial score (nSPS) is 13.5. The fourth-order valence-corrected chi connectivity index (χ4v) is 18.6. The van der Waals surface area contributed by atoms with E-state index in [-0.39, 0.29) is 38.4 Å². The molecule has 18 rings (SSSR count). The molecule has 0 atom stereocenters. The number of rotatable bonds is 11. The van der Waals surface area contributed by atoms with Gasteiger partial charge in [0.1, 0.15) is 0 Å². The maximum absolute atomic E-state index is 2.76. The van der Waals surface area contributed by atoms with Crippen LogP contribution in [-0.2, 0) is 38.9 Å². The average molecular weight is 1550 g/mol. The van der Waals surface area contributed by atoms with Gasteiger partial charge in [0.25, 0.3) is 0 Å². The molecule has 3 heteroatoms. The van der Waals surface area contributed by atoms with Crippen molar-refractivity contribution in [2.24, 2.45) is 0 Å². The summed E-state index contributed by atoms with van der Waals surface area (Å²) >= 11 is 0. The first kappa shape index (κ1) is 77.9. The predicted octanol–water partition coefficient (Wildman–Crippen LogP) is 32.9. The molecule has 1 aliphatic carbocycles. The minimum absolute atomic E-state index is 0.0826. The van der Waals surface area contributed by atoms with Gasteiger partial charge in [-0.15, -0.1) is 0 Å². The highest BCUT2D eigenvalue weighted by Crippen LogP contribution is 2.68. The standard InChI is InChI=1S/C116H111N3/c1-111(2,3)85-55-45-76(46-56-85)97-70-89(115(13,14)15)71-98(77-47-57-86(58-48-77)112(4,5)6)108(97)117-101-63-53-82(93-41-31-29-39-91(93)74-33-21-19-22-34-74)66-103(101)119-104-67-83(94-42-32-30-40-92(94)75-35-23-20-24-36-75)54-64-102(104)118(106-69-84(68-105(117)110(106)119)107-95-43-27-25-37-80(95)65-81-38-26-28-44-96(81)107)109-99(78-49-59-87(60-50-78)113(7,8)9)72-90(116(16,17)18)73-100(109)79-51-61-88(62-52-79)114(10,11)12/h19-64,66-73,107H,65H2,1-18H3. The molecule has 0 aromatic heterocycles. The Hall–Kier alpha value is -12.3. The fraction of sp³-hybridized carbons (Fsp3) is 0.224. The van der Waals surface area contributed by atoms with Gasteiger partial charge in [-0.25, -0.2) is 0 Å². The van der Waals surface area contributed by atoms with Crippen LogP contribution in [0.3, 0.4) is 0 Å². The summed E-state index contributed by atoms with van der Waals surface area (Å²) in [7, 11) is 0. The lowest BCUT2D eigenvalue weighted by Crippen LogP contribution is -2.32. The summed E-state index contributed by atoms with van der Waals surface area (Å²) < 4.78 is 0. The third-order valence-electron chi connectivity index (χ3n) is 25.5. The quantitative estimate of drug-likeness (QED) is 0.128. The van der Waals surface area contributed by atoms with Crippen LogP contribution in [0.15, 0.2) is 328 Å². The van der Waals surface area contributed by atoms with Gasteiger partial charge in [0.2, 0.25) is 0 Å². The van der Waals surface area contributed by atoms with Gasteiger partial charge in [-0.05, 0) is 228 Å². The van der Waals surface area contributed by atoms with Crippen LogP contribution in [0.2, 0.25) is 0 Å². The van der Waals surface area contributed by atoms with E-state index in [1.807, 2.05) is 0 Å². The van der Waals surface area contributed by atoms with Gasteiger partial charge in [-0.1, -0.05) is 392 Å². The van der Waals surface area contributed by atoms with Crippen molar-refractivity contribution in [3.8, 4) is 89.0 Å². The predicted molar refractivity (Wildman–Crippen MR) is 510 cm³/mol. The molecule has 0 N–H and O–H groups in total. The molecule has 3 aliphatic rings. The van der Waals surface area contributed by atoms with Crippen LogP contribution >= 0.6 is 0 Å². The van der Waals surface area contributed by atoms with Crippen molar-refractivity contribution in [1.82, 2.24) is 0 Å². The topological polar surface area (TPSA) is 9.72 Å². The van der Waals surface area contributed by atoms with Crippen molar-refractivity contribution in [3.05, 3.63) is 389 Å². The Kier molecular flexibility index (Phi) is 19.2. The molecular formula is C116H111N3. The lowest BCUT2D eigenvalue weighted by Gasteiger charge is -2.49. The highest BCUT2D eigenvalue weighted by Gasteiger charge is 2.45. The van der Waals surface area contributed by atoms with Crippen LogP contribution in [0.5, 0.6) is 0 Å². The lowest BCUT2D eigenvalue weighted by atomic mass is 9.74. The molecule has 0 unspecified atom stereocenters. The number of nitrogens with zero attached hydrogens (tertiary/aromatic N) is 3. The van der Waals surface area contributed by atoms with Crippen LogP contribution in [0.1, 0.15) is 192 Å². The van der Waals surface area contributed by atoms with Crippen molar-refractivity contribution in [1.29, 1.82) is 0 Å². The molecular weight excluding hydrogens is 1440 g/mol. The monoisotopic (exact) mass is 1550 g/mol. The molecule has 15 aromatic rings. The summed E-state index contributed by atoms with van der Waals surface area (Å²) in [5, 5.41) is 0. The maximum Gasteiger partial charge on any atom is 0.0948 e. The van der Waals surface area contributed by atoms with Crippen molar-refractivity contribution in [3.63, 3.8) is 0 Å². The second-order valence-corrected chi connectivity index (χ2v) is 39.8. The number of hydrogen-bond donors (Lipinski definition) is 0. The van der Waals surface area contributed by atoms with Crippen LogP contribution in [0, 0.1) is 0 Å². The van der Waals surface area contributed by atoms with E-state index in [2.05, 4.69) is 467 Å². The zero-order chi connectivity index (χ0) is 83.0. The summed E-state index contributed by atoms with van der Waals surface area (Å²) in [4.78, 5) is 8.23. The summed E-state index contributed by atoms with van der Waals surface area (Å²) in [6.45, 7) is 42.3. The van der Waals surface area contributed by atoms with E-state index in [1.165, 1.54) is 83.5 Å². The molecule has 2 heterocycles.